The first kappa shape index (κ1) is 27.7. The predicted molar refractivity (Wildman–Crippen MR) is 160 cm³/mol. The van der Waals surface area contributed by atoms with E-state index in [1.807, 2.05) is 45.4 Å². The highest BCUT2D eigenvalue weighted by Crippen LogP contribution is 2.38. The lowest BCUT2D eigenvalue weighted by Gasteiger charge is -2.26. The van der Waals surface area contributed by atoms with Gasteiger partial charge in [0.15, 0.2) is 0 Å². The molecular formula is C30H37N7O2. The van der Waals surface area contributed by atoms with Gasteiger partial charge in [-0.15, -0.1) is 0 Å². The van der Waals surface area contributed by atoms with Crippen LogP contribution in [0.1, 0.15) is 25.3 Å². The topological polar surface area (TPSA) is 87.5 Å². The number of para-hydroxylation sites is 1. The minimum atomic E-state index is -0.299. The van der Waals surface area contributed by atoms with Crippen LogP contribution < -0.4 is 20.3 Å². The van der Waals surface area contributed by atoms with Gasteiger partial charge in [0, 0.05) is 44.0 Å². The summed E-state index contributed by atoms with van der Waals surface area (Å²) in [6.07, 6.45) is 5.12. The lowest BCUT2D eigenvalue weighted by Crippen LogP contribution is -2.29. The van der Waals surface area contributed by atoms with E-state index in [2.05, 4.69) is 74.8 Å². The molecule has 0 unspecified atom stereocenters. The minimum absolute atomic E-state index is 0.299. The van der Waals surface area contributed by atoms with Gasteiger partial charge in [-0.3, -0.25) is 4.79 Å². The van der Waals surface area contributed by atoms with E-state index in [0.29, 0.717) is 29.0 Å². The molecule has 0 bridgehead atoms. The molecule has 0 fully saturated rings. The smallest absolute Gasteiger partial charge is 0.247 e. The maximum Gasteiger partial charge on any atom is 0.247 e. The first-order valence-corrected chi connectivity index (χ1v) is 12.9. The summed E-state index contributed by atoms with van der Waals surface area (Å²) in [5.74, 6) is 1.82. The number of nitrogens with zero attached hydrogens (tertiary/aromatic N) is 5. The van der Waals surface area contributed by atoms with Crippen molar-refractivity contribution in [3.63, 3.8) is 0 Å². The molecule has 2 heterocycles. The van der Waals surface area contributed by atoms with E-state index in [1.54, 1.807) is 13.3 Å². The number of amides is 1. The Balaban J connectivity index is 1.72. The number of likely N-dealkylation sites (N-methyl/N-ethyl adjacent to an activating group) is 2. The van der Waals surface area contributed by atoms with Gasteiger partial charge in [-0.25, -0.2) is 4.98 Å². The number of methoxy groups -OCH3 is 1. The molecule has 4 aromatic rings. The first-order chi connectivity index (χ1) is 18.7. The molecule has 9 nitrogen and oxygen atoms in total. The average molecular weight is 528 g/mol. The van der Waals surface area contributed by atoms with E-state index < -0.39 is 0 Å². The molecule has 9 heteroatoms. The number of carbonyl (C=O) groups excluding carboxylic acids is 1. The molecule has 0 saturated heterocycles. The van der Waals surface area contributed by atoms with Crippen LogP contribution in [0.15, 0.2) is 67.5 Å². The van der Waals surface area contributed by atoms with Crippen molar-refractivity contribution in [2.75, 3.05) is 56.9 Å². The number of hydrogen-bond donors (Lipinski definition) is 2. The number of ether oxygens (including phenoxy) is 1. The van der Waals surface area contributed by atoms with Crippen LogP contribution >= 0.6 is 0 Å². The number of anilines is 4. The van der Waals surface area contributed by atoms with E-state index in [-0.39, 0.29) is 5.91 Å². The second-order valence-corrected chi connectivity index (χ2v) is 9.98. The lowest BCUT2D eigenvalue weighted by atomic mass is 10.0. The van der Waals surface area contributed by atoms with E-state index in [9.17, 15) is 4.79 Å². The quantitative estimate of drug-likeness (QED) is 0.252. The van der Waals surface area contributed by atoms with Crippen molar-refractivity contribution in [3.05, 3.63) is 73.1 Å². The van der Waals surface area contributed by atoms with E-state index >= 15 is 0 Å². The summed E-state index contributed by atoms with van der Waals surface area (Å²) in [4.78, 5) is 25.7. The van der Waals surface area contributed by atoms with Crippen LogP contribution in [-0.2, 0) is 4.79 Å². The summed E-state index contributed by atoms with van der Waals surface area (Å²) in [5, 5.41) is 7.43. The van der Waals surface area contributed by atoms with Gasteiger partial charge in [-0.1, -0.05) is 38.6 Å². The summed E-state index contributed by atoms with van der Waals surface area (Å²) >= 11 is 0. The third-order valence-corrected chi connectivity index (χ3v) is 6.55. The normalized spacial score (nSPS) is 11.2. The van der Waals surface area contributed by atoms with Crippen LogP contribution in [0.3, 0.4) is 0 Å². The SMILES string of the molecule is C=CC(=O)Nc1cc(Nc2nccc(-n3cc(C(C)C)c4ccccc43)n2)c(OC)cc1N(C)CCN(C)C. The maximum atomic E-state index is 12.3. The highest BCUT2D eigenvalue weighted by atomic mass is 16.5. The number of hydrogen-bond acceptors (Lipinski definition) is 7. The molecule has 204 valence electrons. The fourth-order valence-electron chi connectivity index (χ4n) is 4.43. The predicted octanol–water partition coefficient (Wildman–Crippen LogP) is 5.42. The van der Waals surface area contributed by atoms with Crippen LogP contribution in [0.2, 0.25) is 0 Å². The molecule has 2 N–H and O–H groups in total. The number of rotatable bonds is 11. The molecule has 2 aromatic heterocycles. The number of fused-ring (bicyclic) bond motifs is 1. The van der Waals surface area contributed by atoms with Gasteiger partial charge in [0.05, 0.1) is 29.7 Å². The lowest BCUT2D eigenvalue weighted by molar-refractivity contribution is -0.111. The van der Waals surface area contributed by atoms with Gasteiger partial charge in [0.25, 0.3) is 0 Å². The van der Waals surface area contributed by atoms with Crippen LogP contribution in [0.25, 0.3) is 16.7 Å². The van der Waals surface area contributed by atoms with Crippen LogP contribution in [0.4, 0.5) is 23.0 Å². The van der Waals surface area contributed by atoms with Crippen molar-refractivity contribution in [2.45, 2.75) is 19.8 Å². The molecule has 39 heavy (non-hydrogen) atoms. The maximum absolute atomic E-state index is 12.3. The Kier molecular flexibility index (Phi) is 8.51. The van der Waals surface area contributed by atoms with Crippen molar-refractivity contribution in [3.8, 4) is 11.6 Å². The average Bonchev–Trinajstić information content (AvgIpc) is 3.32. The number of benzene rings is 2. The number of aromatic nitrogens is 3. The minimum Gasteiger partial charge on any atom is -0.494 e. The highest BCUT2D eigenvalue weighted by molar-refractivity contribution is 6.02. The monoisotopic (exact) mass is 527 g/mol. The summed E-state index contributed by atoms with van der Waals surface area (Å²) in [5.41, 5.74) is 4.42. The second-order valence-electron chi connectivity index (χ2n) is 9.98. The summed E-state index contributed by atoms with van der Waals surface area (Å²) in [6.45, 7) is 9.58. The zero-order chi connectivity index (χ0) is 28.1. The van der Waals surface area contributed by atoms with Gasteiger partial charge >= 0.3 is 0 Å². The van der Waals surface area contributed by atoms with E-state index in [0.717, 1.165) is 30.1 Å². The summed E-state index contributed by atoms with van der Waals surface area (Å²) < 4.78 is 7.82. The molecule has 0 spiro atoms. The highest BCUT2D eigenvalue weighted by Gasteiger charge is 2.17. The van der Waals surface area contributed by atoms with Crippen molar-refractivity contribution < 1.29 is 9.53 Å². The van der Waals surface area contributed by atoms with Crippen LogP contribution in [0, 0.1) is 0 Å². The van der Waals surface area contributed by atoms with Gasteiger partial charge in [-0.2, -0.15) is 4.98 Å². The third kappa shape index (κ3) is 6.21. The number of nitrogens with one attached hydrogen (secondary N) is 2. The van der Waals surface area contributed by atoms with Gasteiger partial charge < -0.3 is 29.7 Å². The Labute approximate surface area is 230 Å². The van der Waals surface area contributed by atoms with Crippen LogP contribution in [0.5, 0.6) is 5.75 Å². The zero-order valence-corrected chi connectivity index (χ0v) is 23.5. The summed E-state index contributed by atoms with van der Waals surface area (Å²) in [7, 11) is 7.64. The Morgan fingerprint density at radius 1 is 1.13 bits per heavy atom. The second kappa shape index (κ2) is 12.0. The molecule has 0 radical (unpaired) electrons. The van der Waals surface area contributed by atoms with Crippen molar-refractivity contribution >= 4 is 39.8 Å². The molecular weight excluding hydrogens is 490 g/mol. The molecule has 0 atom stereocenters. The fourth-order valence-corrected chi connectivity index (χ4v) is 4.43. The molecule has 2 aromatic carbocycles. The zero-order valence-electron chi connectivity index (χ0n) is 23.5. The molecule has 1 amide bonds. The number of carbonyl (C=O) groups is 1. The van der Waals surface area contributed by atoms with Crippen molar-refractivity contribution in [1.29, 1.82) is 0 Å². The van der Waals surface area contributed by atoms with Gasteiger partial charge in [-0.05, 0) is 49.9 Å². The van der Waals surface area contributed by atoms with Crippen LogP contribution in [-0.4, -0.2) is 66.7 Å². The Morgan fingerprint density at radius 2 is 1.90 bits per heavy atom. The molecule has 4 rings (SSSR count). The fraction of sp³-hybridized carbons (Fsp3) is 0.300. The molecule has 0 aliphatic carbocycles. The summed E-state index contributed by atoms with van der Waals surface area (Å²) in [6, 6.07) is 13.9. The molecule has 0 saturated carbocycles. The van der Waals surface area contributed by atoms with Crippen molar-refractivity contribution in [2.24, 2.45) is 0 Å². The Morgan fingerprint density at radius 3 is 2.59 bits per heavy atom. The molecule has 0 aliphatic rings. The van der Waals surface area contributed by atoms with E-state index in [4.69, 9.17) is 9.72 Å². The molecule has 0 aliphatic heterocycles. The first-order valence-electron chi connectivity index (χ1n) is 12.9. The Bertz CT molecular complexity index is 1480. The largest absolute Gasteiger partial charge is 0.494 e. The standard InChI is InChI=1S/C30H37N7O2/c1-8-29(38)32-23-17-24(27(39-7)18-26(23)36(6)16-15-35(4)5)33-30-31-14-13-28(34-30)37-19-22(20(2)3)21-11-9-10-12-25(21)37/h8-14,17-20H,1,15-16H2,2-7H3,(H,32,38)(H,31,33,34). The van der Waals surface area contributed by atoms with Gasteiger partial charge in [0.2, 0.25) is 11.9 Å². The third-order valence-electron chi connectivity index (χ3n) is 6.55. The van der Waals surface area contributed by atoms with Crippen molar-refractivity contribution in [1.82, 2.24) is 19.4 Å². The van der Waals surface area contributed by atoms with E-state index in [1.165, 1.54) is 17.0 Å². The van der Waals surface area contributed by atoms with Gasteiger partial charge in [0.1, 0.15) is 11.6 Å². The Hall–Kier alpha value is -4.37.